The van der Waals surface area contributed by atoms with Crippen LogP contribution in [0.25, 0.3) is 11.1 Å². The molecule has 0 spiro atoms. The standard InChI is InChI=1S/C16H14O8S2.C6H10O3S/c17-15(18)9-25(21,22)13-5-1-11(2-6-13)12-3-7-14(8-4-12)26(23,24)10-16(19)20;1-4(6(8)9)3-10-5(2)7/h1-8H,9-10H2,(H,17,18)(H,19,20);4H,3H2,1-2H3,(H,8,9). The summed E-state index contributed by atoms with van der Waals surface area (Å²) in [4.78, 5) is 41.4. The van der Waals surface area contributed by atoms with Gasteiger partial charge in [0.2, 0.25) is 0 Å². The van der Waals surface area contributed by atoms with E-state index in [4.69, 9.17) is 15.3 Å². The van der Waals surface area contributed by atoms with E-state index in [9.17, 15) is 36.0 Å². The average molecular weight is 561 g/mol. The SMILES string of the molecule is CC(=O)SCC(C)C(=O)O.O=C(O)CS(=O)(=O)c1ccc(-c2ccc(S(=O)(=O)CC(=O)O)cc2)cc1. The first-order valence-corrected chi connectivity index (χ1v) is 14.3. The Balaban J connectivity index is 0.000000548. The zero-order valence-corrected chi connectivity index (χ0v) is 21.6. The monoisotopic (exact) mass is 560 g/mol. The Morgan fingerprint density at radius 1 is 0.722 bits per heavy atom. The van der Waals surface area contributed by atoms with Gasteiger partial charge in [0.1, 0.15) is 0 Å². The summed E-state index contributed by atoms with van der Waals surface area (Å²) in [5.74, 6) is -5.85. The van der Waals surface area contributed by atoms with Gasteiger partial charge in [0, 0.05) is 12.7 Å². The Morgan fingerprint density at radius 3 is 1.31 bits per heavy atom. The Morgan fingerprint density at radius 2 is 1.06 bits per heavy atom. The van der Waals surface area contributed by atoms with Crippen LogP contribution in [0.15, 0.2) is 58.3 Å². The molecule has 2 aromatic carbocycles. The zero-order chi connectivity index (χ0) is 27.7. The maximum Gasteiger partial charge on any atom is 0.319 e. The summed E-state index contributed by atoms with van der Waals surface area (Å²) in [6, 6.07) is 10.9. The molecule has 1 atom stereocenters. The molecule has 0 aliphatic heterocycles. The third kappa shape index (κ3) is 10.2. The van der Waals surface area contributed by atoms with Crippen molar-refractivity contribution >= 4 is 54.5 Å². The van der Waals surface area contributed by atoms with Crippen LogP contribution in [-0.4, -0.2) is 72.4 Å². The molecule has 0 aliphatic rings. The first-order valence-electron chi connectivity index (χ1n) is 10.0. The maximum absolute atomic E-state index is 11.8. The minimum absolute atomic E-state index is 0.0342. The summed E-state index contributed by atoms with van der Waals surface area (Å²) in [5, 5.41) is 25.6. The van der Waals surface area contributed by atoms with Crippen molar-refractivity contribution in [2.24, 2.45) is 5.92 Å². The zero-order valence-electron chi connectivity index (χ0n) is 19.1. The van der Waals surface area contributed by atoms with Crippen molar-refractivity contribution in [2.45, 2.75) is 23.6 Å². The molecule has 0 amide bonds. The summed E-state index contributed by atoms with van der Waals surface area (Å²) < 4.78 is 47.4. The summed E-state index contributed by atoms with van der Waals surface area (Å²) in [7, 11) is -7.86. The normalized spacial score (nSPS) is 12.1. The summed E-state index contributed by atoms with van der Waals surface area (Å²) in [6.07, 6.45) is 0. The van der Waals surface area contributed by atoms with Crippen LogP contribution in [-0.2, 0) is 38.9 Å². The molecule has 2 aromatic rings. The molecule has 196 valence electrons. The van der Waals surface area contributed by atoms with Gasteiger partial charge in [-0.2, -0.15) is 0 Å². The topological polar surface area (TPSA) is 197 Å². The van der Waals surface area contributed by atoms with Gasteiger partial charge in [0.15, 0.2) is 36.3 Å². The Hall–Kier alpha value is -3.23. The highest BCUT2D eigenvalue weighted by Crippen LogP contribution is 2.24. The molecular formula is C22H24O11S3. The second-order valence-electron chi connectivity index (χ2n) is 7.40. The molecule has 14 heteroatoms. The van der Waals surface area contributed by atoms with E-state index in [0.29, 0.717) is 16.9 Å². The summed E-state index contributed by atoms with van der Waals surface area (Å²) in [6.45, 7) is 3.01. The van der Waals surface area contributed by atoms with Crippen LogP contribution in [0.5, 0.6) is 0 Å². The Labute approximate surface area is 212 Å². The first-order chi connectivity index (χ1) is 16.5. The van der Waals surface area contributed by atoms with E-state index in [-0.39, 0.29) is 14.9 Å². The van der Waals surface area contributed by atoms with Crippen LogP contribution in [0.1, 0.15) is 13.8 Å². The molecule has 2 rings (SSSR count). The van der Waals surface area contributed by atoms with Gasteiger partial charge in [0.05, 0.1) is 15.7 Å². The molecule has 1 unspecified atom stereocenters. The highest BCUT2D eigenvalue weighted by molar-refractivity contribution is 8.13. The fourth-order valence-electron chi connectivity index (χ4n) is 2.51. The molecule has 0 radical (unpaired) electrons. The van der Waals surface area contributed by atoms with E-state index < -0.39 is 55.0 Å². The number of carboxylic acid groups (broad SMARTS) is 3. The van der Waals surface area contributed by atoms with Gasteiger partial charge in [-0.25, -0.2) is 16.8 Å². The minimum Gasteiger partial charge on any atom is -0.481 e. The Kier molecular flexibility index (Phi) is 11.3. The maximum atomic E-state index is 11.8. The number of rotatable bonds is 10. The number of sulfone groups is 2. The molecule has 0 bridgehead atoms. The molecule has 0 fully saturated rings. The lowest BCUT2D eigenvalue weighted by Gasteiger charge is -2.06. The molecule has 0 saturated carbocycles. The minimum atomic E-state index is -3.93. The molecule has 0 saturated heterocycles. The third-order valence-corrected chi connectivity index (χ3v) is 8.65. The van der Waals surface area contributed by atoms with E-state index in [1.54, 1.807) is 6.92 Å². The lowest BCUT2D eigenvalue weighted by Crippen LogP contribution is -2.15. The smallest absolute Gasteiger partial charge is 0.319 e. The van der Waals surface area contributed by atoms with Crippen molar-refractivity contribution in [1.82, 2.24) is 0 Å². The van der Waals surface area contributed by atoms with Gasteiger partial charge in [-0.1, -0.05) is 43.0 Å². The fourth-order valence-corrected chi connectivity index (χ4v) is 5.23. The lowest BCUT2D eigenvalue weighted by atomic mass is 10.1. The molecule has 0 heterocycles. The molecular weight excluding hydrogens is 536 g/mol. The quantitative estimate of drug-likeness (QED) is 0.383. The number of hydrogen-bond acceptors (Lipinski definition) is 9. The molecule has 11 nitrogen and oxygen atoms in total. The van der Waals surface area contributed by atoms with Crippen LogP contribution in [0.3, 0.4) is 0 Å². The van der Waals surface area contributed by atoms with Crippen LogP contribution in [0.4, 0.5) is 0 Å². The van der Waals surface area contributed by atoms with E-state index in [1.807, 2.05) is 0 Å². The number of thioether (sulfide) groups is 1. The molecule has 36 heavy (non-hydrogen) atoms. The highest BCUT2D eigenvalue weighted by Gasteiger charge is 2.20. The Bertz CT molecular complexity index is 1220. The first kappa shape index (κ1) is 30.8. The average Bonchev–Trinajstić information content (AvgIpc) is 2.76. The number of aliphatic carboxylic acids is 3. The fraction of sp³-hybridized carbons (Fsp3) is 0.273. The van der Waals surface area contributed by atoms with Crippen LogP contribution >= 0.6 is 11.8 Å². The molecule has 3 N–H and O–H groups in total. The second-order valence-corrected chi connectivity index (χ2v) is 12.6. The predicted octanol–water partition coefficient (Wildman–Crippen LogP) is 2.06. The van der Waals surface area contributed by atoms with Gasteiger partial charge in [0.25, 0.3) is 0 Å². The third-order valence-electron chi connectivity index (χ3n) is 4.35. The number of hydrogen-bond donors (Lipinski definition) is 3. The number of carbonyl (C=O) groups excluding carboxylic acids is 1. The van der Waals surface area contributed by atoms with Crippen molar-refractivity contribution in [3.05, 3.63) is 48.5 Å². The van der Waals surface area contributed by atoms with Gasteiger partial charge in [-0.3, -0.25) is 19.2 Å². The lowest BCUT2D eigenvalue weighted by molar-refractivity contribution is -0.140. The predicted molar refractivity (Wildman–Crippen MR) is 131 cm³/mol. The molecule has 0 aliphatic carbocycles. The van der Waals surface area contributed by atoms with Crippen molar-refractivity contribution in [3.63, 3.8) is 0 Å². The number of carbonyl (C=O) groups is 4. The largest absolute Gasteiger partial charge is 0.481 e. The van der Waals surface area contributed by atoms with E-state index in [1.165, 1.54) is 55.5 Å². The van der Waals surface area contributed by atoms with Crippen molar-refractivity contribution in [3.8, 4) is 11.1 Å². The summed E-state index contributed by atoms with van der Waals surface area (Å²) in [5.41, 5.74) is 1.17. The van der Waals surface area contributed by atoms with E-state index in [0.717, 1.165) is 11.8 Å². The van der Waals surface area contributed by atoms with E-state index in [2.05, 4.69) is 0 Å². The van der Waals surface area contributed by atoms with Crippen molar-refractivity contribution in [2.75, 3.05) is 17.3 Å². The van der Waals surface area contributed by atoms with Crippen LogP contribution in [0.2, 0.25) is 0 Å². The second kappa shape index (κ2) is 13.2. The number of benzene rings is 2. The van der Waals surface area contributed by atoms with Gasteiger partial charge < -0.3 is 15.3 Å². The van der Waals surface area contributed by atoms with Crippen LogP contribution in [0, 0.1) is 5.92 Å². The summed E-state index contributed by atoms with van der Waals surface area (Å²) >= 11 is 1.05. The van der Waals surface area contributed by atoms with Gasteiger partial charge >= 0.3 is 17.9 Å². The van der Waals surface area contributed by atoms with Crippen LogP contribution < -0.4 is 0 Å². The van der Waals surface area contributed by atoms with Crippen molar-refractivity contribution in [1.29, 1.82) is 0 Å². The molecule has 0 aromatic heterocycles. The van der Waals surface area contributed by atoms with Crippen molar-refractivity contribution < 1.29 is 51.3 Å². The van der Waals surface area contributed by atoms with Gasteiger partial charge in [-0.15, -0.1) is 0 Å². The highest BCUT2D eigenvalue weighted by atomic mass is 32.2. The van der Waals surface area contributed by atoms with E-state index >= 15 is 0 Å². The van der Waals surface area contributed by atoms with Gasteiger partial charge in [-0.05, 0) is 35.4 Å². The number of carboxylic acids is 3.